The molecule has 0 aliphatic heterocycles. The van der Waals surface area contributed by atoms with Crippen molar-refractivity contribution in [3.05, 3.63) is 77.9 Å². The third-order valence-electron chi connectivity index (χ3n) is 2.59. The SMILES string of the molecule is O=C(C=Cc1ccccc1)c1ccccc1.O=C(O)CC(=O)O. The summed E-state index contributed by atoms with van der Waals surface area (Å²) in [6, 6.07) is 19.1. The number of carbonyl (C=O) groups is 3. The maximum atomic E-state index is 11.7. The van der Waals surface area contributed by atoms with Crippen molar-refractivity contribution in [3.63, 3.8) is 0 Å². The third-order valence-corrected chi connectivity index (χ3v) is 2.59. The second-order valence-corrected chi connectivity index (χ2v) is 4.44. The van der Waals surface area contributed by atoms with Crippen molar-refractivity contribution >= 4 is 23.8 Å². The van der Waals surface area contributed by atoms with Crippen molar-refractivity contribution in [1.29, 1.82) is 0 Å². The molecule has 0 aliphatic rings. The molecular formula is C18H16O5. The van der Waals surface area contributed by atoms with E-state index in [1.807, 2.05) is 66.7 Å². The number of rotatable bonds is 5. The van der Waals surface area contributed by atoms with E-state index in [1.165, 1.54) is 0 Å². The van der Waals surface area contributed by atoms with Crippen LogP contribution < -0.4 is 0 Å². The van der Waals surface area contributed by atoms with Gasteiger partial charge in [0.25, 0.3) is 0 Å². The summed E-state index contributed by atoms with van der Waals surface area (Å²) in [6.45, 7) is 0. The maximum Gasteiger partial charge on any atom is 0.314 e. The summed E-state index contributed by atoms with van der Waals surface area (Å²) >= 11 is 0. The molecule has 5 heteroatoms. The van der Waals surface area contributed by atoms with Gasteiger partial charge in [-0.15, -0.1) is 0 Å². The van der Waals surface area contributed by atoms with Crippen LogP contribution in [0, 0.1) is 0 Å². The van der Waals surface area contributed by atoms with Crippen LogP contribution in [0.2, 0.25) is 0 Å². The Morgan fingerprint density at radius 1 is 0.783 bits per heavy atom. The summed E-state index contributed by atoms with van der Waals surface area (Å²) in [5.41, 5.74) is 1.75. The molecule has 5 nitrogen and oxygen atoms in total. The Balaban J connectivity index is 0.000000322. The number of hydrogen-bond donors (Lipinski definition) is 2. The van der Waals surface area contributed by atoms with E-state index in [1.54, 1.807) is 6.08 Å². The minimum absolute atomic E-state index is 0.0319. The first-order valence-electron chi connectivity index (χ1n) is 6.75. The van der Waals surface area contributed by atoms with Crippen LogP contribution in [0.15, 0.2) is 66.7 Å². The van der Waals surface area contributed by atoms with E-state index < -0.39 is 18.4 Å². The molecule has 0 atom stereocenters. The van der Waals surface area contributed by atoms with Crippen LogP contribution in [-0.4, -0.2) is 27.9 Å². The van der Waals surface area contributed by atoms with E-state index in [0.29, 0.717) is 0 Å². The van der Waals surface area contributed by atoms with Gasteiger partial charge in [0.15, 0.2) is 5.78 Å². The number of hydrogen-bond acceptors (Lipinski definition) is 3. The Labute approximate surface area is 133 Å². The zero-order valence-electron chi connectivity index (χ0n) is 12.3. The molecule has 118 valence electrons. The Morgan fingerprint density at radius 2 is 1.26 bits per heavy atom. The molecule has 0 radical (unpaired) electrons. The molecule has 2 N–H and O–H groups in total. The van der Waals surface area contributed by atoms with Crippen molar-refractivity contribution in [2.45, 2.75) is 6.42 Å². The molecule has 23 heavy (non-hydrogen) atoms. The van der Waals surface area contributed by atoms with E-state index in [9.17, 15) is 14.4 Å². The fraction of sp³-hybridized carbons (Fsp3) is 0.0556. The van der Waals surface area contributed by atoms with Crippen LogP contribution in [0.25, 0.3) is 6.08 Å². The zero-order chi connectivity index (χ0) is 17.1. The first kappa shape index (κ1) is 17.8. The topological polar surface area (TPSA) is 91.7 Å². The van der Waals surface area contributed by atoms with Crippen molar-refractivity contribution in [3.8, 4) is 0 Å². The highest BCUT2D eigenvalue weighted by Crippen LogP contribution is 2.05. The molecular weight excluding hydrogens is 296 g/mol. The number of carboxylic acid groups (broad SMARTS) is 2. The molecule has 0 heterocycles. The standard InChI is InChI=1S/C15H12O.C3H4O4/c16-15(14-9-5-2-6-10-14)12-11-13-7-3-1-4-8-13;4-2(5)1-3(6)7/h1-12H;1H2,(H,4,5)(H,6,7). The van der Waals surface area contributed by atoms with Gasteiger partial charge in [0.05, 0.1) is 0 Å². The summed E-state index contributed by atoms with van der Waals surface area (Å²) in [4.78, 5) is 30.6. The summed E-state index contributed by atoms with van der Waals surface area (Å²) in [7, 11) is 0. The Hall–Kier alpha value is -3.21. The smallest absolute Gasteiger partial charge is 0.314 e. The van der Waals surface area contributed by atoms with E-state index in [2.05, 4.69) is 0 Å². The van der Waals surface area contributed by atoms with Crippen LogP contribution in [-0.2, 0) is 9.59 Å². The first-order valence-corrected chi connectivity index (χ1v) is 6.75. The van der Waals surface area contributed by atoms with Gasteiger partial charge in [-0.2, -0.15) is 0 Å². The van der Waals surface area contributed by atoms with Gasteiger partial charge in [0.1, 0.15) is 6.42 Å². The minimum atomic E-state index is -1.31. The lowest BCUT2D eigenvalue weighted by Gasteiger charge is -1.94. The second-order valence-electron chi connectivity index (χ2n) is 4.44. The molecule has 0 spiro atoms. The molecule has 0 saturated heterocycles. The van der Waals surface area contributed by atoms with Crippen LogP contribution in [0.5, 0.6) is 0 Å². The molecule has 0 unspecified atom stereocenters. The fourth-order valence-corrected chi connectivity index (χ4v) is 1.56. The molecule has 0 aromatic heterocycles. The predicted molar refractivity (Wildman–Crippen MR) is 86.1 cm³/mol. The molecule has 2 rings (SSSR count). The van der Waals surface area contributed by atoms with Crippen LogP contribution in [0.1, 0.15) is 22.3 Å². The predicted octanol–water partition coefficient (Wildman–Crippen LogP) is 3.13. The lowest BCUT2D eigenvalue weighted by atomic mass is 10.1. The van der Waals surface area contributed by atoms with Crippen LogP contribution in [0.3, 0.4) is 0 Å². The van der Waals surface area contributed by atoms with Crippen molar-refractivity contribution in [2.75, 3.05) is 0 Å². The number of ketones is 1. The van der Waals surface area contributed by atoms with E-state index in [-0.39, 0.29) is 5.78 Å². The lowest BCUT2D eigenvalue weighted by Crippen LogP contribution is -2.03. The highest BCUT2D eigenvalue weighted by molar-refractivity contribution is 6.06. The van der Waals surface area contributed by atoms with Gasteiger partial charge in [0, 0.05) is 5.56 Å². The molecule has 2 aromatic rings. The highest BCUT2D eigenvalue weighted by Gasteiger charge is 2.01. The van der Waals surface area contributed by atoms with Crippen LogP contribution >= 0.6 is 0 Å². The summed E-state index contributed by atoms with van der Waals surface area (Å²) < 4.78 is 0. The average Bonchev–Trinajstić information content (AvgIpc) is 2.54. The Bertz CT molecular complexity index is 663. The highest BCUT2D eigenvalue weighted by atomic mass is 16.4. The molecule has 0 fully saturated rings. The number of allylic oxidation sites excluding steroid dienone is 1. The van der Waals surface area contributed by atoms with Gasteiger partial charge in [-0.25, -0.2) is 0 Å². The average molecular weight is 312 g/mol. The first-order chi connectivity index (χ1) is 11.0. The molecule has 2 aromatic carbocycles. The largest absolute Gasteiger partial charge is 0.481 e. The van der Waals surface area contributed by atoms with E-state index in [0.717, 1.165) is 11.1 Å². The van der Waals surface area contributed by atoms with Gasteiger partial charge in [0.2, 0.25) is 0 Å². The lowest BCUT2D eigenvalue weighted by molar-refractivity contribution is -0.147. The van der Waals surface area contributed by atoms with Crippen LogP contribution in [0.4, 0.5) is 0 Å². The number of benzene rings is 2. The fourth-order valence-electron chi connectivity index (χ4n) is 1.56. The quantitative estimate of drug-likeness (QED) is 0.503. The Morgan fingerprint density at radius 3 is 1.70 bits per heavy atom. The van der Waals surface area contributed by atoms with Gasteiger partial charge in [-0.1, -0.05) is 66.7 Å². The molecule has 0 aliphatic carbocycles. The number of aliphatic carboxylic acids is 2. The maximum absolute atomic E-state index is 11.7. The Kier molecular flexibility index (Phi) is 7.51. The van der Waals surface area contributed by atoms with Crippen molar-refractivity contribution < 1.29 is 24.6 Å². The van der Waals surface area contributed by atoms with Crippen molar-refractivity contribution in [1.82, 2.24) is 0 Å². The van der Waals surface area contributed by atoms with E-state index >= 15 is 0 Å². The second kappa shape index (κ2) is 9.68. The van der Waals surface area contributed by atoms with Gasteiger partial charge in [-0.05, 0) is 11.6 Å². The van der Waals surface area contributed by atoms with Crippen molar-refractivity contribution in [2.24, 2.45) is 0 Å². The number of carboxylic acids is 2. The van der Waals surface area contributed by atoms with Gasteiger partial charge in [-0.3, -0.25) is 14.4 Å². The number of carbonyl (C=O) groups excluding carboxylic acids is 1. The summed E-state index contributed by atoms with van der Waals surface area (Å²) in [5, 5.41) is 15.4. The monoisotopic (exact) mass is 312 g/mol. The minimum Gasteiger partial charge on any atom is -0.481 e. The molecule has 0 amide bonds. The van der Waals surface area contributed by atoms with Gasteiger partial charge < -0.3 is 10.2 Å². The molecule has 0 saturated carbocycles. The summed E-state index contributed by atoms with van der Waals surface area (Å²) in [5.74, 6) is -2.59. The van der Waals surface area contributed by atoms with E-state index in [4.69, 9.17) is 10.2 Å². The zero-order valence-corrected chi connectivity index (χ0v) is 12.3. The normalized spacial score (nSPS) is 9.74. The third kappa shape index (κ3) is 7.96. The summed E-state index contributed by atoms with van der Waals surface area (Å²) in [6.07, 6.45) is 2.62. The van der Waals surface area contributed by atoms with Gasteiger partial charge >= 0.3 is 11.9 Å². The molecule has 0 bridgehead atoms.